The zero-order chi connectivity index (χ0) is 13.2. The van der Waals surface area contributed by atoms with Crippen molar-refractivity contribution < 1.29 is 4.74 Å². The summed E-state index contributed by atoms with van der Waals surface area (Å²) in [7, 11) is 0. The lowest BCUT2D eigenvalue weighted by atomic mass is 10.2. The molecular formula is C14H12N4O. The number of nitrogens with zero attached hydrogens (tertiary/aromatic N) is 3. The standard InChI is InChI=1S/C14H12N4O/c1-9-7-13(18-8-17-9)19-12-5-4-11(15)10-3-2-6-16-14(10)12/h2-8H,15H2,1H3. The monoisotopic (exact) mass is 252 g/mol. The van der Waals surface area contributed by atoms with Gasteiger partial charge in [-0.3, -0.25) is 4.98 Å². The average molecular weight is 252 g/mol. The number of nitrogen functional groups attached to an aromatic ring is 1. The summed E-state index contributed by atoms with van der Waals surface area (Å²) in [4.78, 5) is 12.4. The molecule has 1 aromatic carbocycles. The van der Waals surface area contributed by atoms with E-state index >= 15 is 0 Å². The lowest BCUT2D eigenvalue weighted by Gasteiger charge is -2.08. The minimum Gasteiger partial charge on any atom is -0.437 e. The normalized spacial score (nSPS) is 10.6. The molecule has 3 aromatic rings. The number of ether oxygens (including phenoxy) is 1. The highest BCUT2D eigenvalue weighted by Crippen LogP contribution is 2.30. The third-order valence-corrected chi connectivity index (χ3v) is 2.76. The first-order valence-corrected chi connectivity index (χ1v) is 5.84. The molecule has 94 valence electrons. The van der Waals surface area contributed by atoms with Gasteiger partial charge in [-0.15, -0.1) is 0 Å². The van der Waals surface area contributed by atoms with Gasteiger partial charge in [0.2, 0.25) is 5.88 Å². The van der Waals surface area contributed by atoms with Crippen LogP contribution in [-0.4, -0.2) is 15.0 Å². The zero-order valence-corrected chi connectivity index (χ0v) is 10.4. The fraction of sp³-hybridized carbons (Fsp3) is 0.0714. The Morgan fingerprint density at radius 3 is 2.84 bits per heavy atom. The van der Waals surface area contributed by atoms with E-state index in [0.29, 0.717) is 17.3 Å². The molecule has 0 unspecified atom stereocenters. The van der Waals surface area contributed by atoms with E-state index in [4.69, 9.17) is 10.5 Å². The topological polar surface area (TPSA) is 73.9 Å². The van der Waals surface area contributed by atoms with Crippen LogP contribution in [-0.2, 0) is 0 Å². The maximum atomic E-state index is 5.92. The van der Waals surface area contributed by atoms with Crippen molar-refractivity contribution in [2.75, 3.05) is 5.73 Å². The van der Waals surface area contributed by atoms with Crippen LogP contribution < -0.4 is 10.5 Å². The summed E-state index contributed by atoms with van der Waals surface area (Å²) in [5.41, 5.74) is 8.16. The Kier molecular flexibility index (Phi) is 2.72. The molecule has 0 atom stereocenters. The van der Waals surface area contributed by atoms with E-state index in [0.717, 1.165) is 16.6 Å². The van der Waals surface area contributed by atoms with Gasteiger partial charge in [0.25, 0.3) is 0 Å². The van der Waals surface area contributed by atoms with Crippen LogP contribution in [0, 0.1) is 6.92 Å². The van der Waals surface area contributed by atoms with Crippen LogP contribution in [0.5, 0.6) is 11.6 Å². The van der Waals surface area contributed by atoms with Crippen molar-refractivity contribution in [3.05, 3.63) is 48.5 Å². The van der Waals surface area contributed by atoms with Crippen LogP contribution in [0.25, 0.3) is 10.9 Å². The highest BCUT2D eigenvalue weighted by Gasteiger charge is 2.08. The number of pyridine rings is 1. The molecule has 19 heavy (non-hydrogen) atoms. The summed E-state index contributed by atoms with van der Waals surface area (Å²) in [6.07, 6.45) is 3.18. The summed E-state index contributed by atoms with van der Waals surface area (Å²) >= 11 is 0. The lowest BCUT2D eigenvalue weighted by Crippen LogP contribution is -1.94. The largest absolute Gasteiger partial charge is 0.437 e. The molecule has 0 aliphatic rings. The summed E-state index contributed by atoms with van der Waals surface area (Å²) in [6.45, 7) is 1.88. The van der Waals surface area contributed by atoms with Crippen LogP contribution in [0.15, 0.2) is 42.9 Å². The van der Waals surface area contributed by atoms with Crippen molar-refractivity contribution in [2.24, 2.45) is 0 Å². The third kappa shape index (κ3) is 2.18. The van der Waals surface area contributed by atoms with Crippen molar-refractivity contribution in [3.63, 3.8) is 0 Å². The molecule has 2 N–H and O–H groups in total. The maximum Gasteiger partial charge on any atom is 0.222 e. The van der Waals surface area contributed by atoms with Gasteiger partial charge < -0.3 is 10.5 Å². The molecule has 0 bridgehead atoms. The molecule has 0 fully saturated rings. The van der Waals surface area contributed by atoms with Gasteiger partial charge in [0.05, 0.1) is 0 Å². The lowest BCUT2D eigenvalue weighted by molar-refractivity contribution is 0.465. The number of hydrogen-bond donors (Lipinski definition) is 1. The van der Waals surface area contributed by atoms with Crippen molar-refractivity contribution in [3.8, 4) is 11.6 Å². The van der Waals surface area contributed by atoms with Gasteiger partial charge in [-0.2, -0.15) is 0 Å². The van der Waals surface area contributed by atoms with E-state index in [1.807, 2.05) is 19.1 Å². The van der Waals surface area contributed by atoms with Crippen molar-refractivity contribution in [1.29, 1.82) is 0 Å². The van der Waals surface area contributed by atoms with Crippen LogP contribution in [0.4, 0.5) is 5.69 Å². The number of nitrogens with two attached hydrogens (primary N) is 1. The molecular weight excluding hydrogens is 240 g/mol. The Hall–Kier alpha value is -2.69. The van der Waals surface area contributed by atoms with E-state index in [1.165, 1.54) is 6.33 Å². The van der Waals surface area contributed by atoms with Gasteiger partial charge in [-0.05, 0) is 31.2 Å². The minimum absolute atomic E-state index is 0.490. The number of benzene rings is 1. The number of rotatable bonds is 2. The van der Waals surface area contributed by atoms with Gasteiger partial charge in [-0.25, -0.2) is 9.97 Å². The SMILES string of the molecule is Cc1cc(Oc2ccc(N)c3cccnc23)ncn1. The minimum atomic E-state index is 0.490. The third-order valence-electron chi connectivity index (χ3n) is 2.76. The number of anilines is 1. The molecule has 0 radical (unpaired) electrons. The molecule has 2 aromatic heterocycles. The smallest absolute Gasteiger partial charge is 0.222 e. The Morgan fingerprint density at radius 2 is 2.00 bits per heavy atom. The van der Waals surface area contributed by atoms with Gasteiger partial charge in [-0.1, -0.05) is 0 Å². The molecule has 0 aliphatic heterocycles. The van der Waals surface area contributed by atoms with E-state index < -0.39 is 0 Å². The van der Waals surface area contributed by atoms with Gasteiger partial charge in [0, 0.05) is 29.0 Å². The Balaban J connectivity index is 2.09. The molecule has 0 spiro atoms. The molecule has 0 saturated carbocycles. The van der Waals surface area contributed by atoms with Gasteiger partial charge in [0.1, 0.15) is 11.8 Å². The molecule has 3 rings (SSSR count). The second kappa shape index (κ2) is 4.53. The predicted octanol–water partition coefficient (Wildman–Crippen LogP) is 2.71. The van der Waals surface area contributed by atoms with E-state index in [-0.39, 0.29) is 0 Å². The number of aryl methyl sites for hydroxylation is 1. The quantitative estimate of drug-likeness (QED) is 0.710. The highest BCUT2D eigenvalue weighted by molar-refractivity contribution is 5.94. The Morgan fingerprint density at radius 1 is 1.11 bits per heavy atom. The summed E-state index contributed by atoms with van der Waals surface area (Å²) in [6, 6.07) is 9.12. The second-order valence-electron chi connectivity index (χ2n) is 4.15. The fourth-order valence-electron chi connectivity index (χ4n) is 1.85. The maximum absolute atomic E-state index is 5.92. The van der Waals surface area contributed by atoms with Crippen LogP contribution >= 0.6 is 0 Å². The number of fused-ring (bicyclic) bond motifs is 1. The van der Waals surface area contributed by atoms with Crippen molar-refractivity contribution in [1.82, 2.24) is 15.0 Å². The first-order chi connectivity index (χ1) is 9.24. The fourth-order valence-corrected chi connectivity index (χ4v) is 1.85. The predicted molar refractivity (Wildman–Crippen MR) is 73.0 cm³/mol. The second-order valence-corrected chi connectivity index (χ2v) is 4.15. The molecule has 0 saturated heterocycles. The molecule has 2 heterocycles. The van der Waals surface area contributed by atoms with Crippen molar-refractivity contribution in [2.45, 2.75) is 6.92 Å². The highest BCUT2D eigenvalue weighted by atomic mass is 16.5. The van der Waals surface area contributed by atoms with E-state index in [9.17, 15) is 0 Å². The summed E-state index contributed by atoms with van der Waals surface area (Å²) in [5.74, 6) is 1.12. The summed E-state index contributed by atoms with van der Waals surface area (Å²) in [5, 5.41) is 0.866. The molecule has 5 nitrogen and oxygen atoms in total. The number of hydrogen-bond acceptors (Lipinski definition) is 5. The van der Waals surface area contributed by atoms with Crippen LogP contribution in [0.3, 0.4) is 0 Å². The summed E-state index contributed by atoms with van der Waals surface area (Å²) < 4.78 is 5.76. The molecule has 0 aliphatic carbocycles. The average Bonchev–Trinajstić information content (AvgIpc) is 2.42. The van der Waals surface area contributed by atoms with E-state index in [2.05, 4.69) is 15.0 Å². The van der Waals surface area contributed by atoms with Crippen LogP contribution in [0.2, 0.25) is 0 Å². The van der Waals surface area contributed by atoms with E-state index in [1.54, 1.807) is 24.4 Å². The van der Waals surface area contributed by atoms with Crippen molar-refractivity contribution >= 4 is 16.6 Å². The molecule has 0 amide bonds. The molecule has 5 heteroatoms. The first-order valence-electron chi connectivity index (χ1n) is 5.84. The Labute approximate surface area is 110 Å². The van der Waals surface area contributed by atoms with Gasteiger partial charge in [0.15, 0.2) is 5.75 Å². The van der Waals surface area contributed by atoms with Gasteiger partial charge >= 0.3 is 0 Å². The van der Waals surface area contributed by atoms with Crippen LogP contribution in [0.1, 0.15) is 5.69 Å². The number of aromatic nitrogens is 3. The zero-order valence-electron chi connectivity index (χ0n) is 10.4. The first kappa shape index (κ1) is 11.4. The Bertz CT molecular complexity index is 742.